The highest BCUT2D eigenvalue weighted by Crippen LogP contribution is 2.39. The molecule has 35 heavy (non-hydrogen) atoms. The fraction of sp³-hybridized carbons (Fsp3) is 0.407. The van der Waals surface area contributed by atoms with Gasteiger partial charge in [0.2, 0.25) is 5.91 Å². The van der Waals surface area contributed by atoms with E-state index in [0.717, 1.165) is 11.1 Å². The molecular formula is C27H34F2N4O2. The first-order chi connectivity index (χ1) is 16.6. The lowest BCUT2D eigenvalue weighted by Crippen LogP contribution is -2.47. The number of carbonyl (C=O) groups is 1. The minimum absolute atomic E-state index is 0.186. The second-order valence-corrected chi connectivity index (χ2v) is 9.69. The molecule has 0 aliphatic rings. The lowest BCUT2D eigenvalue weighted by Gasteiger charge is -2.40. The van der Waals surface area contributed by atoms with Gasteiger partial charge in [0.1, 0.15) is 24.4 Å². The summed E-state index contributed by atoms with van der Waals surface area (Å²) in [7, 11) is 1.43. The maximum Gasteiger partial charge on any atom is 0.249 e. The van der Waals surface area contributed by atoms with Gasteiger partial charge in [-0.3, -0.25) is 4.79 Å². The summed E-state index contributed by atoms with van der Waals surface area (Å²) in [6, 6.07) is 15.4. The van der Waals surface area contributed by atoms with Crippen LogP contribution >= 0.6 is 0 Å². The molecule has 3 rings (SSSR count). The highest BCUT2D eigenvalue weighted by atomic mass is 19.1. The SMILES string of the molecule is COCC(=O)N(C[C@H](F)CN)[C@@H](c1nc(-c2ccccc2)cn1Cc1cccc(F)c1)C(C)(C)C. The Hall–Kier alpha value is -3.10. The van der Waals surface area contributed by atoms with Crippen LogP contribution in [-0.4, -0.2) is 53.3 Å². The number of benzene rings is 2. The molecule has 188 valence electrons. The van der Waals surface area contributed by atoms with E-state index in [2.05, 4.69) is 0 Å². The number of hydrogen-bond donors (Lipinski definition) is 1. The third kappa shape index (κ3) is 6.74. The first-order valence-corrected chi connectivity index (χ1v) is 11.6. The largest absolute Gasteiger partial charge is 0.375 e. The smallest absolute Gasteiger partial charge is 0.249 e. The van der Waals surface area contributed by atoms with Gasteiger partial charge in [-0.15, -0.1) is 0 Å². The van der Waals surface area contributed by atoms with Crippen LogP contribution < -0.4 is 5.73 Å². The van der Waals surface area contributed by atoms with Crippen LogP contribution in [0.4, 0.5) is 8.78 Å². The number of imidazole rings is 1. The molecule has 1 heterocycles. The summed E-state index contributed by atoms with van der Waals surface area (Å²) >= 11 is 0. The molecule has 2 aromatic carbocycles. The Bertz CT molecular complexity index is 1110. The number of methoxy groups -OCH3 is 1. The second kappa shape index (κ2) is 11.6. The number of amides is 1. The Kier molecular flexibility index (Phi) is 8.75. The van der Waals surface area contributed by atoms with Crippen molar-refractivity contribution >= 4 is 5.91 Å². The molecule has 0 saturated carbocycles. The number of nitrogens with two attached hydrogens (primary N) is 1. The van der Waals surface area contributed by atoms with Crippen molar-refractivity contribution in [3.63, 3.8) is 0 Å². The molecule has 0 spiro atoms. The highest BCUT2D eigenvalue weighted by molar-refractivity contribution is 5.78. The van der Waals surface area contributed by atoms with Crippen LogP contribution in [0.1, 0.15) is 38.2 Å². The van der Waals surface area contributed by atoms with E-state index in [4.69, 9.17) is 15.5 Å². The molecule has 1 aromatic heterocycles. The van der Waals surface area contributed by atoms with Gasteiger partial charge < -0.3 is 19.9 Å². The van der Waals surface area contributed by atoms with Crippen molar-refractivity contribution in [2.24, 2.45) is 11.1 Å². The Morgan fingerprint density at radius 2 is 1.89 bits per heavy atom. The van der Waals surface area contributed by atoms with Gasteiger partial charge in [0, 0.05) is 32.0 Å². The monoisotopic (exact) mass is 484 g/mol. The third-order valence-corrected chi connectivity index (χ3v) is 5.73. The maximum absolute atomic E-state index is 14.6. The molecule has 8 heteroatoms. The average Bonchev–Trinajstić information content (AvgIpc) is 3.21. The maximum atomic E-state index is 14.6. The quantitative estimate of drug-likeness (QED) is 0.457. The molecule has 0 bridgehead atoms. The Balaban J connectivity index is 2.17. The molecule has 0 radical (unpaired) electrons. The first kappa shape index (κ1) is 26.5. The minimum atomic E-state index is -1.40. The molecule has 3 aromatic rings. The van der Waals surface area contributed by atoms with Crippen LogP contribution in [0.3, 0.4) is 0 Å². The summed E-state index contributed by atoms with van der Waals surface area (Å²) < 4.78 is 35.5. The first-order valence-electron chi connectivity index (χ1n) is 11.6. The summed E-state index contributed by atoms with van der Waals surface area (Å²) in [4.78, 5) is 19.6. The van der Waals surface area contributed by atoms with Crippen LogP contribution in [-0.2, 0) is 16.1 Å². The molecule has 0 saturated heterocycles. The van der Waals surface area contributed by atoms with E-state index in [0.29, 0.717) is 18.1 Å². The van der Waals surface area contributed by atoms with Crippen LogP contribution in [0.15, 0.2) is 60.8 Å². The number of halogens is 2. The summed E-state index contributed by atoms with van der Waals surface area (Å²) in [5.41, 5.74) is 7.41. The van der Waals surface area contributed by atoms with Gasteiger partial charge in [-0.05, 0) is 23.1 Å². The number of rotatable bonds is 10. The molecular weight excluding hydrogens is 450 g/mol. The highest BCUT2D eigenvalue weighted by Gasteiger charge is 2.39. The van der Waals surface area contributed by atoms with E-state index in [-0.39, 0.29) is 31.4 Å². The fourth-order valence-electron chi connectivity index (χ4n) is 4.19. The number of aromatic nitrogens is 2. The van der Waals surface area contributed by atoms with Crippen molar-refractivity contribution in [2.75, 3.05) is 26.8 Å². The number of alkyl halides is 1. The molecule has 0 aliphatic carbocycles. The second-order valence-electron chi connectivity index (χ2n) is 9.69. The normalized spacial score (nSPS) is 13.5. The van der Waals surface area contributed by atoms with Crippen LogP contribution in [0.25, 0.3) is 11.3 Å². The van der Waals surface area contributed by atoms with Crippen LogP contribution in [0.2, 0.25) is 0 Å². The zero-order chi connectivity index (χ0) is 25.6. The van der Waals surface area contributed by atoms with Gasteiger partial charge >= 0.3 is 0 Å². The van der Waals surface area contributed by atoms with Crippen LogP contribution in [0.5, 0.6) is 0 Å². The van der Waals surface area contributed by atoms with Crippen molar-refractivity contribution in [1.82, 2.24) is 14.5 Å². The number of hydrogen-bond acceptors (Lipinski definition) is 4. The van der Waals surface area contributed by atoms with E-state index in [9.17, 15) is 13.6 Å². The van der Waals surface area contributed by atoms with Crippen molar-refractivity contribution in [2.45, 2.75) is 39.5 Å². The van der Waals surface area contributed by atoms with Crippen molar-refractivity contribution < 1.29 is 18.3 Å². The van der Waals surface area contributed by atoms with Gasteiger partial charge in [-0.25, -0.2) is 13.8 Å². The summed E-state index contributed by atoms with van der Waals surface area (Å²) in [6.45, 7) is 5.67. The third-order valence-electron chi connectivity index (χ3n) is 5.73. The lowest BCUT2D eigenvalue weighted by molar-refractivity contribution is -0.141. The number of nitrogens with zero attached hydrogens (tertiary/aromatic N) is 3. The topological polar surface area (TPSA) is 73.4 Å². The molecule has 0 unspecified atom stereocenters. The van der Waals surface area contributed by atoms with E-state index in [1.54, 1.807) is 6.07 Å². The molecule has 0 aliphatic heterocycles. The molecule has 2 N–H and O–H groups in total. The molecule has 1 amide bonds. The Morgan fingerprint density at radius 3 is 2.49 bits per heavy atom. The van der Waals surface area contributed by atoms with E-state index in [1.807, 2.05) is 67.9 Å². The Labute approximate surface area is 205 Å². The van der Waals surface area contributed by atoms with Gasteiger partial charge in [0.15, 0.2) is 0 Å². The standard InChI is InChI=1S/C27H34F2N4O2/c1-27(2,3)25(33(16-22(29)14-30)24(34)18-35-4)26-31-23(20-10-6-5-7-11-20)17-32(26)15-19-9-8-12-21(28)13-19/h5-13,17,22,25H,14-16,18,30H2,1-4H3/t22-,25+/m1/s1. The predicted octanol–water partition coefficient (Wildman–Crippen LogP) is 4.60. The Morgan fingerprint density at radius 1 is 1.17 bits per heavy atom. The van der Waals surface area contributed by atoms with Crippen molar-refractivity contribution in [3.05, 3.63) is 78.0 Å². The average molecular weight is 485 g/mol. The van der Waals surface area contributed by atoms with Gasteiger partial charge in [0.25, 0.3) is 0 Å². The van der Waals surface area contributed by atoms with Crippen molar-refractivity contribution in [3.8, 4) is 11.3 Å². The number of carbonyl (C=O) groups excluding carboxylic acids is 1. The fourth-order valence-corrected chi connectivity index (χ4v) is 4.19. The van der Waals surface area contributed by atoms with Gasteiger partial charge in [0.05, 0.1) is 18.3 Å². The zero-order valence-corrected chi connectivity index (χ0v) is 20.7. The minimum Gasteiger partial charge on any atom is -0.375 e. The number of ether oxygens (including phenoxy) is 1. The van der Waals surface area contributed by atoms with Crippen LogP contribution in [0, 0.1) is 11.2 Å². The van der Waals surface area contributed by atoms with Crippen molar-refractivity contribution in [1.29, 1.82) is 0 Å². The van der Waals surface area contributed by atoms with Gasteiger partial charge in [-0.2, -0.15) is 0 Å². The summed E-state index contributed by atoms with van der Waals surface area (Å²) in [6.07, 6.45) is 0.490. The van der Waals surface area contributed by atoms with Gasteiger partial charge in [-0.1, -0.05) is 63.2 Å². The van der Waals surface area contributed by atoms with E-state index < -0.39 is 17.6 Å². The van der Waals surface area contributed by atoms with E-state index >= 15 is 0 Å². The summed E-state index contributed by atoms with van der Waals surface area (Å²) in [5, 5.41) is 0. The molecule has 6 nitrogen and oxygen atoms in total. The molecule has 2 atom stereocenters. The summed E-state index contributed by atoms with van der Waals surface area (Å²) in [5.74, 6) is -0.112. The van der Waals surface area contributed by atoms with E-state index in [1.165, 1.54) is 24.1 Å². The predicted molar refractivity (Wildman–Crippen MR) is 133 cm³/mol. The molecule has 0 fully saturated rings. The zero-order valence-electron chi connectivity index (χ0n) is 20.7. The lowest BCUT2D eigenvalue weighted by atomic mass is 9.84.